The van der Waals surface area contributed by atoms with E-state index in [1.54, 1.807) is 0 Å². The van der Waals surface area contributed by atoms with Crippen LogP contribution in [0.4, 0.5) is 0 Å². The highest BCUT2D eigenvalue weighted by Gasteiger charge is 2.25. The van der Waals surface area contributed by atoms with Crippen molar-refractivity contribution in [3.05, 3.63) is 34.4 Å². The van der Waals surface area contributed by atoms with E-state index in [1.807, 2.05) is 0 Å². The topological polar surface area (TPSA) is 23.5 Å². The van der Waals surface area contributed by atoms with Crippen LogP contribution < -0.4 is 0 Å². The summed E-state index contributed by atoms with van der Waals surface area (Å²) < 4.78 is 0. The zero-order valence-electron chi connectivity index (χ0n) is 14.4. The first-order valence-electron chi connectivity index (χ1n) is 8.28. The molecule has 1 N–H and O–H groups in total. The summed E-state index contributed by atoms with van der Waals surface area (Å²) in [4.78, 5) is 2.47. The molecule has 0 heterocycles. The van der Waals surface area contributed by atoms with Crippen molar-refractivity contribution in [2.24, 2.45) is 0 Å². The van der Waals surface area contributed by atoms with Crippen LogP contribution in [0.2, 0.25) is 0 Å². The SMILES string of the molecule is Cc1cc(C(C)(C)C)cc(C)c1CN(CCO)C1CCC1. The van der Waals surface area contributed by atoms with E-state index in [4.69, 9.17) is 0 Å². The van der Waals surface area contributed by atoms with Crippen molar-refractivity contribution in [1.82, 2.24) is 4.90 Å². The van der Waals surface area contributed by atoms with Crippen LogP contribution in [0.5, 0.6) is 0 Å². The van der Waals surface area contributed by atoms with Crippen LogP contribution in [0.15, 0.2) is 12.1 Å². The fourth-order valence-electron chi connectivity index (χ4n) is 3.15. The number of rotatable bonds is 5. The summed E-state index contributed by atoms with van der Waals surface area (Å²) in [6.45, 7) is 13.3. The molecule has 21 heavy (non-hydrogen) atoms. The summed E-state index contributed by atoms with van der Waals surface area (Å²) in [7, 11) is 0. The molecule has 0 aliphatic heterocycles. The highest BCUT2D eigenvalue weighted by Crippen LogP contribution is 2.30. The fraction of sp³-hybridized carbons (Fsp3) is 0.684. The van der Waals surface area contributed by atoms with Gasteiger partial charge in [0.2, 0.25) is 0 Å². The molecule has 0 spiro atoms. The Morgan fingerprint density at radius 1 is 1.14 bits per heavy atom. The van der Waals surface area contributed by atoms with Crippen LogP contribution in [0.25, 0.3) is 0 Å². The molecule has 1 aromatic rings. The van der Waals surface area contributed by atoms with Gasteiger partial charge in [-0.2, -0.15) is 0 Å². The maximum Gasteiger partial charge on any atom is 0.0558 e. The maximum absolute atomic E-state index is 9.33. The summed E-state index contributed by atoms with van der Waals surface area (Å²) in [5.41, 5.74) is 5.85. The van der Waals surface area contributed by atoms with E-state index in [9.17, 15) is 5.11 Å². The minimum Gasteiger partial charge on any atom is -0.395 e. The van der Waals surface area contributed by atoms with E-state index < -0.39 is 0 Å². The molecule has 1 aliphatic rings. The number of aliphatic hydroxyl groups excluding tert-OH is 1. The van der Waals surface area contributed by atoms with Gasteiger partial charge in [-0.3, -0.25) is 4.90 Å². The van der Waals surface area contributed by atoms with Gasteiger partial charge in [-0.25, -0.2) is 0 Å². The predicted octanol–water partition coefficient (Wildman–Crippen LogP) is 3.95. The second-order valence-corrected chi connectivity index (χ2v) is 7.62. The quantitative estimate of drug-likeness (QED) is 0.887. The Balaban J connectivity index is 2.22. The van der Waals surface area contributed by atoms with Crippen LogP contribution in [-0.2, 0) is 12.0 Å². The Bertz CT molecular complexity index is 460. The molecule has 2 nitrogen and oxygen atoms in total. The standard InChI is InChI=1S/C19H31NO/c1-14-11-16(19(3,4)5)12-15(2)18(14)13-20(9-10-21)17-7-6-8-17/h11-12,17,21H,6-10,13H2,1-5H3. The van der Waals surface area contributed by atoms with Crippen molar-refractivity contribution in [3.8, 4) is 0 Å². The van der Waals surface area contributed by atoms with Gasteiger partial charge >= 0.3 is 0 Å². The fourth-order valence-corrected chi connectivity index (χ4v) is 3.15. The Hall–Kier alpha value is -0.860. The van der Waals surface area contributed by atoms with E-state index in [2.05, 4.69) is 51.7 Å². The van der Waals surface area contributed by atoms with Crippen molar-refractivity contribution in [2.45, 2.75) is 71.9 Å². The van der Waals surface area contributed by atoms with Crippen molar-refractivity contribution >= 4 is 0 Å². The molecule has 0 unspecified atom stereocenters. The lowest BCUT2D eigenvalue weighted by molar-refractivity contribution is 0.0942. The molecule has 0 radical (unpaired) electrons. The third kappa shape index (κ3) is 3.87. The molecular formula is C19H31NO. The molecule has 2 heteroatoms. The van der Waals surface area contributed by atoms with Gasteiger partial charge in [0.1, 0.15) is 0 Å². The van der Waals surface area contributed by atoms with Gasteiger partial charge in [-0.05, 0) is 54.4 Å². The summed E-state index contributed by atoms with van der Waals surface area (Å²) in [6.07, 6.45) is 3.92. The van der Waals surface area contributed by atoms with Gasteiger partial charge in [-0.15, -0.1) is 0 Å². The van der Waals surface area contributed by atoms with E-state index in [0.29, 0.717) is 6.04 Å². The Labute approximate surface area is 130 Å². The second-order valence-electron chi connectivity index (χ2n) is 7.62. The molecule has 0 amide bonds. The normalized spacial score (nSPS) is 16.3. The number of hydrogen-bond acceptors (Lipinski definition) is 2. The minimum absolute atomic E-state index is 0.201. The lowest BCUT2D eigenvalue weighted by Gasteiger charge is -2.38. The monoisotopic (exact) mass is 289 g/mol. The molecule has 1 aliphatic carbocycles. The Morgan fingerprint density at radius 2 is 1.71 bits per heavy atom. The van der Waals surface area contributed by atoms with E-state index in [0.717, 1.165) is 13.1 Å². The number of benzene rings is 1. The molecule has 0 bridgehead atoms. The molecule has 118 valence electrons. The van der Waals surface area contributed by atoms with Gasteiger partial charge in [0.15, 0.2) is 0 Å². The Kier molecular flexibility index (Phi) is 5.11. The number of hydrogen-bond donors (Lipinski definition) is 1. The summed E-state index contributed by atoms with van der Waals surface area (Å²) in [5, 5.41) is 9.33. The highest BCUT2D eigenvalue weighted by molar-refractivity contribution is 5.40. The zero-order chi connectivity index (χ0) is 15.6. The minimum atomic E-state index is 0.201. The number of aryl methyl sites for hydroxylation is 2. The molecular weight excluding hydrogens is 258 g/mol. The predicted molar refractivity (Wildman–Crippen MR) is 89.8 cm³/mol. The van der Waals surface area contributed by atoms with Gasteiger partial charge in [0, 0.05) is 19.1 Å². The van der Waals surface area contributed by atoms with Crippen LogP contribution in [0.1, 0.15) is 62.3 Å². The molecule has 0 atom stereocenters. The zero-order valence-corrected chi connectivity index (χ0v) is 14.4. The average Bonchev–Trinajstić information content (AvgIpc) is 2.30. The van der Waals surface area contributed by atoms with Crippen LogP contribution in [0, 0.1) is 13.8 Å². The third-order valence-corrected chi connectivity index (χ3v) is 4.90. The first-order valence-corrected chi connectivity index (χ1v) is 8.28. The van der Waals surface area contributed by atoms with Gasteiger partial charge in [0.25, 0.3) is 0 Å². The number of nitrogens with zero attached hydrogens (tertiary/aromatic N) is 1. The van der Waals surface area contributed by atoms with E-state index in [1.165, 1.54) is 41.5 Å². The van der Waals surface area contributed by atoms with Crippen LogP contribution in [-0.4, -0.2) is 29.2 Å². The number of aliphatic hydroxyl groups is 1. The lowest BCUT2D eigenvalue weighted by Crippen LogP contribution is -2.41. The third-order valence-electron chi connectivity index (χ3n) is 4.90. The van der Waals surface area contributed by atoms with Crippen LogP contribution >= 0.6 is 0 Å². The second kappa shape index (κ2) is 6.50. The van der Waals surface area contributed by atoms with Gasteiger partial charge in [-0.1, -0.05) is 39.3 Å². The van der Waals surface area contributed by atoms with Crippen molar-refractivity contribution in [1.29, 1.82) is 0 Å². The summed E-state index contributed by atoms with van der Waals surface area (Å²) in [5.74, 6) is 0. The van der Waals surface area contributed by atoms with Crippen molar-refractivity contribution < 1.29 is 5.11 Å². The van der Waals surface area contributed by atoms with Crippen molar-refractivity contribution in [3.63, 3.8) is 0 Å². The molecule has 1 saturated carbocycles. The van der Waals surface area contributed by atoms with Gasteiger partial charge < -0.3 is 5.11 Å². The lowest BCUT2D eigenvalue weighted by atomic mass is 9.83. The molecule has 1 fully saturated rings. The molecule has 1 aromatic carbocycles. The smallest absolute Gasteiger partial charge is 0.0558 e. The molecule has 0 saturated heterocycles. The largest absolute Gasteiger partial charge is 0.395 e. The summed E-state index contributed by atoms with van der Waals surface area (Å²) in [6, 6.07) is 5.37. The summed E-state index contributed by atoms with van der Waals surface area (Å²) >= 11 is 0. The maximum atomic E-state index is 9.33. The van der Waals surface area contributed by atoms with E-state index in [-0.39, 0.29) is 12.0 Å². The Morgan fingerprint density at radius 3 is 2.10 bits per heavy atom. The first kappa shape index (κ1) is 16.5. The van der Waals surface area contributed by atoms with E-state index >= 15 is 0 Å². The van der Waals surface area contributed by atoms with Crippen molar-refractivity contribution in [2.75, 3.05) is 13.2 Å². The van der Waals surface area contributed by atoms with Gasteiger partial charge in [0.05, 0.1) is 6.61 Å². The first-order chi connectivity index (χ1) is 9.82. The molecule has 2 rings (SSSR count). The molecule has 0 aromatic heterocycles. The average molecular weight is 289 g/mol. The van der Waals surface area contributed by atoms with Crippen LogP contribution in [0.3, 0.4) is 0 Å². The highest BCUT2D eigenvalue weighted by atomic mass is 16.3.